The average Bonchev–Trinajstić information content (AvgIpc) is 3.24. The number of rotatable bonds is 3. The first kappa shape index (κ1) is 20.3. The molecule has 0 saturated heterocycles. The lowest BCUT2D eigenvalue weighted by atomic mass is 9.80. The maximum Gasteiger partial charge on any atom is 0.122 e. The second kappa shape index (κ2) is 10.2. The van der Waals surface area contributed by atoms with E-state index in [1.807, 2.05) is 0 Å². The summed E-state index contributed by atoms with van der Waals surface area (Å²) in [5, 5.41) is 11.5. The van der Waals surface area contributed by atoms with E-state index in [0.29, 0.717) is 17.6 Å². The van der Waals surface area contributed by atoms with E-state index in [1.165, 1.54) is 127 Å². The summed E-state index contributed by atoms with van der Waals surface area (Å²) in [7, 11) is 0. The van der Waals surface area contributed by atoms with Gasteiger partial charge in [0.1, 0.15) is 5.75 Å². The van der Waals surface area contributed by atoms with Gasteiger partial charge in [0, 0.05) is 0 Å². The minimum Gasteiger partial charge on any atom is -0.507 e. The summed E-state index contributed by atoms with van der Waals surface area (Å²) in [4.78, 5) is 0. The van der Waals surface area contributed by atoms with Crippen molar-refractivity contribution >= 4 is 0 Å². The van der Waals surface area contributed by atoms with E-state index < -0.39 is 0 Å². The SMILES string of the molecule is Oc1c(C2CCCCCC2)cc(C2CCCCCC2)cc1C1CCCCCC1. The molecule has 1 aromatic rings. The van der Waals surface area contributed by atoms with Crippen LogP contribution in [0.2, 0.25) is 0 Å². The fourth-order valence-electron chi connectivity index (χ4n) is 6.36. The zero-order valence-electron chi connectivity index (χ0n) is 18.1. The molecule has 0 atom stereocenters. The fourth-order valence-corrected chi connectivity index (χ4v) is 6.36. The zero-order valence-corrected chi connectivity index (χ0v) is 18.1. The van der Waals surface area contributed by atoms with E-state index in [1.54, 1.807) is 5.56 Å². The van der Waals surface area contributed by atoms with Gasteiger partial charge < -0.3 is 5.11 Å². The van der Waals surface area contributed by atoms with Gasteiger partial charge in [0.05, 0.1) is 0 Å². The number of benzene rings is 1. The van der Waals surface area contributed by atoms with Crippen molar-refractivity contribution < 1.29 is 5.11 Å². The highest BCUT2D eigenvalue weighted by Gasteiger charge is 2.26. The van der Waals surface area contributed by atoms with Crippen LogP contribution in [0.3, 0.4) is 0 Å². The maximum absolute atomic E-state index is 11.5. The Morgan fingerprint density at radius 1 is 0.464 bits per heavy atom. The predicted molar refractivity (Wildman–Crippen MR) is 119 cm³/mol. The first-order valence-electron chi connectivity index (χ1n) is 12.7. The van der Waals surface area contributed by atoms with Crippen molar-refractivity contribution in [2.75, 3.05) is 0 Å². The summed E-state index contributed by atoms with van der Waals surface area (Å²) < 4.78 is 0. The van der Waals surface area contributed by atoms with Crippen molar-refractivity contribution in [2.45, 2.75) is 133 Å². The zero-order chi connectivity index (χ0) is 19.2. The smallest absolute Gasteiger partial charge is 0.122 e. The van der Waals surface area contributed by atoms with Crippen molar-refractivity contribution in [1.82, 2.24) is 0 Å². The third-order valence-electron chi connectivity index (χ3n) is 8.11. The molecule has 0 unspecified atom stereocenters. The van der Waals surface area contributed by atoms with Gasteiger partial charge in [0.25, 0.3) is 0 Å². The summed E-state index contributed by atoms with van der Waals surface area (Å²) in [5.41, 5.74) is 4.25. The van der Waals surface area contributed by atoms with Crippen LogP contribution in [-0.2, 0) is 0 Å². The van der Waals surface area contributed by atoms with Crippen LogP contribution >= 0.6 is 0 Å². The first-order valence-corrected chi connectivity index (χ1v) is 12.7. The quantitative estimate of drug-likeness (QED) is 0.518. The van der Waals surface area contributed by atoms with E-state index in [-0.39, 0.29) is 0 Å². The number of hydrogen-bond donors (Lipinski definition) is 1. The molecule has 3 fully saturated rings. The van der Waals surface area contributed by atoms with Crippen molar-refractivity contribution in [1.29, 1.82) is 0 Å². The van der Waals surface area contributed by atoms with Gasteiger partial charge in [-0.25, -0.2) is 0 Å². The van der Waals surface area contributed by atoms with Gasteiger partial charge in [-0.1, -0.05) is 89.2 Å². The molecule has 3 aliphatic rings. The molecule has 0 aliphatic heterocycles. The lowest BCUT2D eigenvalue weighted by Crippen LogP contribution is -2.07. The molecule has 0 spiro atoms. The van der Waals surface area contributed by atoms with Gasteiger partial charge in [-0.05, 0) is 73.0 Å². The molecule has 1 heteroatoms. The number of aromatic hydroxyl groups is 1. The molecule has 1 nitrogen and oxygen atoms in total. The van der Waals surface area contributed by atoms with Gasteiger partial charge >= 0.3 is 0 Å². The Hall–Kier alpha value is -0.980. The van der Waals surface area contributed by atoms with Crippen LogP contribution in [-0.4, -0.2) is 5.11 Å². The number of hydrogen-bond acceptors (Lipinski definition) is 1. The molecule has 0 amide bonds. The maximum atomic E-state index is 11.5. The number of phenolic OH excluding ortho intramolecular Hbond substituents is 1. The Labute approximate surface area is 173 Å². The molecule has 156 valence electrons. The van der Waals surface area contributed by atoms with Crippen LogP contribution in [0, 0.1) is 0 Å². The van der Waals surface area contributed by atoms with E-state index >= 15 is 0 Å². The Kier molecular flexibility index (Phi) is 7.37. The van der Waals surface area contributed by atoms with Crippen LogP contribution < -0.4 is 0 Å². The normalized spacial score (nSPS) is 24.4. The molecule has 3 saturated carbocycles. The van der Waals surface area contributed by atoms with Gasteiger partial charge in [0.2, 0.25) is 0 Å². The van der Waals surface area contributed by atoms with E-state index in [4.69, 9.17) is 0 Å². The van der Waals surface area contributed by atoms with Crippen molar-refractivity contribution in [3.8, 4) is 5.75 Å². The van der Waals surface area contributed by atoms with Crippen molar-refractivity contribution in [2.24, 2.45) is 0 Å². The van der Waals surface area contributed by atoms with Crippen LogP contribution in [0.4, 0.5) is 0 Å². The average molecular weight is 383 g/mol. The molecule has 0 bridgehead atoms. The summed E-state index contributed by atoms with van der Waals surface area (Å²) in [6, 6.07) is 4.95. The van der Waals surface area contributed by atoms with Gasteiger partial charge in [-0.2, -0.15) is 0 Å². The minimum absolute atomic E-state index is 0.595. The fraction of sp³-hybridized carbons (Fsp3) is 0.778. The standard InChI is InChI=1S/C27H42O/c28-27-25(22-15-9-3-4-10-16-22)19-24(21-13-7-1-2-8-14-21)20-26(27)23-17-11-5-6-12-18-23/h19-23,28H,1-18H2. The number of phenols is 1. The molecular formula is C27H42O. The lowest BCUT2D eigenvalue weighted by molar-refractivity contribution is 0.433. The Bertz CT molecular complexity index is 554. The van der Waals surface area contributed by atoms with E-state index in [0.717, 1.165) is 5.92 Å². The third-order valence-corrected chi connectivity index (χ3v) is 8.11. The second-order valence-electron chi connectivity index (χ2n) is 10.1. The molecule has 4 rings (SSSR count). The highest BCUT2D eigenvalue weighted by atomic mass is 16.3. The van der Waals surface area contributed by atoms with Crippen molar-refractivity contribution in [3.05, 3.63) is 28.8 Å². The summed E-state index contributed by atoms with van der Waals surface area (Å²) in [5.74, 6) is 2.63. The van der Waals surface area contributed by atoms with Gasteiger partial charge in [-0.3, -0.25) is 0 Å². The molecule has 28 heavy (non-hydrogen) atoms. The Balaban J connectivity index is 1.70. The minimum atomic E-state index is 0.595. The summed E-state index contributed by atoms with van der Waals surface area (Å²) >= 11 is 0. The molecule has 1 N–H and O–H groups in total. The lowest BCUT2D eigenvalue weighted by Gasteiger charge is -2.26. The highest BCUT2D eigenvalue weighted by molar-refractivity contribution is 5.48. The second-order valence-corrected chi connectivity index (χ2v) is 10.1. The van der Waals surface area contributed by atoms with Crippen LogP contribution in [0.5, 0.6) is 5.75 Å². The molecule has 0 heterocycles. The monoisotopic (exact) mass is 382 g/mol. The van der Waals surface area contributed by atoms with Crippen LogP contribution in [0.1, 0.15) is 150 Å². The Morgan fingerprint density at radius 3 is 1.14 bits per heavy atom. The Morgan fingerprint density at radius 2 is 0.786 bits per heavy atom. The van der Waals surface area contributed by atoms with E-state index in [2.05, 4.69) is 12.1 Å². The van der Waals surface area contributed by atoms with Crippen LogP contribution in [0.25, 0.3) is 0 Å². The summed E-state index contributed by atoms with van der Waals surface area (Å²) in [6.07, 6.45) is 24.4. The van der Waals surface area contributed by atoms with Crippen molar-refractivity contribution in [3.63, 3.8) is 0 Å². The highest BCUT2D eigenvalue weighted by Crippen LogP contribution is 2.45. The molecule has 1 aromatic carbocycles. The van der Waals surface area contributed by atoms with E-state index in [9.17, 15) is 5.11 Å². The molecule has 3 aliphatic carbocycles. The third kappa shape index (κ3) is 4.95. The topological polar surface area (TPSA) is 20.2 Å². The largest absolute Gasteiger partial charge is 0.507 e. The molecule has 0 aromatic heterocycles. The van der Waals surface area contributed by atoms with Crippen LogP contribution in [0.15, 0.2) is 12.1 Å². The summed E-state index contributed by atoms with van der Waals surface area (Å²) in [6.45, 7) is 0. The molecular weight excluding hydrogens is 340 g/mol. The predicted octanol–water partition coefficient (Wildman–Crippen LogP) is 8.71. The van der Waals surface area contributed by atoms with Gasteiger partial charge in [0.15, 0.2) is 0 Å². The molecule has 0 radical (unpaired) electrons. The van der Waals surface area contributed by atoms with Gasteiger partial charge in [-0.15, -0.1) is 0 Å². The first-order chi connectivity index (χ1) is 13.8.